The third kappa shape index (κ3) is 3.00. The van der Waals surface area contributed by atoms with Crippen LogP contribution in [0.3, 0.4) is 0 Å². The highest BCUT2D eigenvalue weighted by Crippen LogP contribution is 2.33. The van der Waals surface area contributed by atoms with Crippen molar-refractivity contribution in [3.63, 3.8) is 0 Å². The van der Waals surface area contributed by atoms with Crippen LogP contribution in [0.2, 0.25) is 5.15 Å². The fraction of sp³-hybridized carbons (Fsp3) is 0.353. The summed E-state index contributed by atoms with van der Waals surface area (Å²) < 4.78 is 14.5. The Morgan fingerprint density at radius 2 is 1.96 bits per heavy atom. The molecule has 0 spiro atoms. The average molecular weight is 366 g/mol. The first-order valence-electron chi connectivity index (χ1n) is 7.77. The Bertz CT molecular complexity index is 850. The maximum absolute atomic E-state index is 13.1. The summed E-state index contributed by atoms with van der Waals surface area (Å²) in [6, 6.07) is 5.59. The third-order valence-electron chi connectivity index (χ3n) is 4.57. The summed E-state index contributed by atoms with van der Waals surface area (Å²) in [5.41, 5.74) is 0.248. The zero-order chi connectivity index (χ0) is 18.4. The number of carbonyl (C=O) groups excluding carboxylic acids is 1. The maximum Gasteiger partial charge on any atom is 0.311 e. The van der Waals surface area contributed by atoms with E-state index in [1.165, 1.54) is 33.8 Å². The lowest BCUT2D eigenvalue weighted by Crippen LogP contribution is -2.35. The molecule has 3 rings (SSSR count). The molecule has 1 amide bonds. The molecule has 1 unspecified atom stereocenters. The van der Waals surface area contributed by atoms with Gasteiger partial charge in [-0.3, -0.25) is 9.59 Å². The molecular weight excluding hydrogens is 349 g/mol. The molecule has 1 aliphatic heterocycles. The number of halogens is 2. The first-order valence-corrected chi connectivity index (χ1v) is 8.14. The second-order valence-corrected chi connectivity index (χ2v) is 6.84. The second kappa shape index (κ2) is 6.15. The summed E-state index contributed by atoms with van der Waals surface area (Å²) in [5.74, 6) is -1.65. The fourth-order valence-electron chi connectivity index (χ4n) is 2.96. The number of rotatable bonds is 3. The minimum atomic E-state index is -0.955. The number of aromatic nitrogens is 2. The van der Waals surface area contributed by atoms with E-state index in [1.807, 2.05) is 0 Å². The van der Waals surface area contributed by atoms with E-state index in [0.29, 0.717) is 24.3 Å². The van der Waals surface area contributed by atoms with Gasteiger partial charge in [0, 0.05) is 13.1 Å². The Kier molecular flexibility index (Phi) is 4.28. The Labute approximate surface area is 148 Å². The largest absolute Gasteiger partial charge is 0.481 e. The van der Waals surface area contributed by atoms with Gasteiger partial charge in [0.2, 0.25) is 0 Å². The van der Waals surface area contributed by atoms with Crippen molar-refractivity contribution in [2.75, 3.05) is 13.1 Å². The third-order valence-corrected chi connectivity index (χ3v) is 4.92. The fourth-order valence-corrected chi connectivity index (χ4v) is 3.32. The monoisotopic (exact) mass is 365 g/mol. The first kappa shape index (κ1) is 17.4. The molecule has 8 heteroatoms. The minimum absolute atomic E-state index is 0.123. The summed E-state index contributed by atoms with van der Waals surface area (Å²) in [4.78, 5) is 25.7. The number of aryl methyl sites for hydroxylation is 1. The first-order chi connectivity index (χ1) is 11.7. The van der Waals surface area contributed by atoms with Crippen LogP contribution in [-0.2, 0) is 4.79 Å². The van der Waals surface area contributed by atoms with Crippen molar-refractivity contribution in [2.24, 2.45) is 5.41 Å². The highest BCUT2D eigenvalue weighted by Gasteiger charge is 2.43. The average Bonchev–Trinajstić information content (AvgIpc) is 3.10. The Balaban J connectivity index is 1.92. The maximum atomic E-state index is 13.1. The summed E-state index contributed by atoms with van der Waals surface area (Å²) in [6.07, 6.45) is 0.386. The molecular formula is C17H17ClFN3O3. The van der Waals surface area contributed by atoms with Gasteiger partial charge in [0.25, 0.3) is 5.91 Å². The Hall–Kier alpha value is -2.41. The van der Waals surface area contributed by atoms with E-state index in [0.717, 1.165) is 0 Å². The lowest BCUT2D eigenvalue weighted by Gasteiger charge is -2.20. The smallest absolute Gasteiger partial charge is 0.311 e. The van der Waals surface area contributed by atoms with Crippen molar-refractivity contribution in [1.82, 2.24) is 14.7 Å². The molecule has 2 heterocycles. The molecule has 25 heavy (non-hydrogen) atoms. The molecule has 2 aromatic rings. The van der Waals surface area contributed by atoms with Crippen LogP contribution in [0, 0.1) is 18.2 Å². The van der Waals surface area contributed by atoms with Crippen LogP contribution in [0.1, 0.15) is 29.4 Å². The van der Waals surface area contributed by atoms with Gasteiger partial charge in [-0.1, -0.05) is 11.6 Å². The lowest BCUT2D eigenvalue weighted by atomic mass is 9.90. The molecule has 1 fully saturated rings. The standard InChI is InChI=1S/C17H17ClFN3O3/c1-10-13(15(23)21-8-7-17(2,9-21)16(24)25)14(18)22(20-10)12-5-3-11(19)4-6-12/h3-6H,7-9H2,1-2H3,(H,24,25). The summed E-state index contributed by atoms with van der Waals surface area (Å²) >= 11 is 6.35. The predicted octanol–water partition coefficient (Wildman–Crippen LogP) is 2.91. The molecule has 0 aliphatic carbocycles. The number of carbonyl (C=O) groups is 2. The van der Waals surface area contributed by atoms with Crippen LogP contribution in [0.5, 0.6) is 0 Å². The molecule has 1 aromatic carbocycles. The van der Waals surface area contributed by atoms with Crippen LogP contribution < -0.4 is 0 Å². The van der Waals surface area contributed by atoms with Crippen molar-refractivity contribution in [3.8, 4) is 5.69 Å². The van der Waals surface area contributed by atoms with Crippen molar-refractivity contribution in [3.05, 3.63) is 46.5 Å². The van der Waals surface area contributed by atoms with Crippen LogP contribution in [0.25, 0.3) is 5.69 Å². The quantitative estimate of drug-likeness (QED) is 0.907. The van der Waals surface area contributed by atoms with E-state index < -0.39 is 11.4 Å². The molecule has 0 radical (unpaired) electrons. The molecule has 1 aliphatic rings. The number of aliphatic carboxylic acids is 1. The Morgan fingerprint density at radius 3 is 2.52 bits per heavy atom. The number of hydrogen-bond donors (Lipinski definition) is 1. The van der Waals surface area contributed by atoms with Crippen molar-refractivity contribution < 1.29 is 19.1 Å². The molecule has 6 nitrogen and oxygen atoms in total. The molecule has 1 N–H and O–H groups in total. The number of carboxylic acid groups (broad SMARTS) is 1. The highest BCUT2D eigenvalue weighted by atomic mass is 35.5. The topological polar surface area (TPSA) is 75.4 Å². The summed E-state index contributed by atoms with van der Waals surface area (Å²) in [5, 5.41) is 13.7. The van der Waals surface area contributed by atoms with Gasteiger partial charge in [-0.15, -0.1) is 0 Å². The lowest BCUT2D eigenvalue weighted by molar-refractivity contribution is -0.147. The second-order valence-electron chi connectivity index (χ2n) is 6.48. The summed E-state index contributed by atoms with van der Waals surface area (Å²) in [7, 11) is 0. The molecule has 1 atom stereocenters. The normalized spacial score (nSPS) is 20.1. The predicted molar refractivity (Wildman–Crippen MR) is 89.5 cm³/mol. The highest BCUT2D eigenvalue weighted by molar-refractivity contribution is 6.33. The van der Waals surface area contributed by atoms with E-state index >= 15 is 0 Å². The van der Waals surface area contributed by atoms with E-state index in [-0.39, 0.29) is 29.0 Å². The van der Waals surface area contributed by atoms with Gasteiger partial charge in [0.05, 0.1) is 22.4 Å². The number of benzene rings is 1. The van der Waals surface area contributed by atoms with Crippen LogP contribution in [0.15, 0.2) is 24.3 Å². The Morgan fingerprint density at radius 1 is 1.32 bits per heavy atom. The van der Waals surface area contributed by atoms with Crippen LogP contribution in [0.4, 0.5) is 4.39 Å². The van der Waals surface area contributed by atoms with Gasteiger partial charge in [-0.2, -0.15) is 5.10 Å². The zero-order valence-electron chi connectivity index (χ0n) is 13.8. The molecule has 0 saturated carbocycles. The number of nitrogens with zero attached hydrogens (tertiary/aromatic N) is 3. The van der Waals surface area contributed by atoms with Gasteiger partial charge in [0.15, 0.2) is 0 Å². The molecule has 1 saturated heterocycles. The SMILES string of the molecule is Cc1nn(-c2ccc(F)cc2)c(Cl)c1C(=O)N1CCC(C)(C(=O)O)C1. The minimum Gasteiger partial charge on any atom is -0.481 e. The van der Waals surface area contributed by atoms with Gasteiger partial charge in [0.1, 0.15) is 11.0 Å². The van der Waals surface area contributed by atoms with Crippen LogP contribution >= 0.6 is 11.6 Å². The van der Waals surface area contributed by atoms with E-state index in [9.17, 15) is 19.1 Å². The van der Waals surface area contributed by atoms with Gasteiger partial charge < -0.3 is 10.0 Å². The van der Waals surface area contributed by atoms with Crippen molar-refractivity contribution in [1.29, 1.82) is 0 Å². The van der Waals surface area contributed by atoms with E-state index in [1.54, 1.807) is 13.8 Å². The molecule has 0 bridgehead atoms. The van der Waals surface area contributed by atoms with E-state index in [4.69, 9.17) is 11.6 Å². The van der Waals surface area contributed by atoms with E-state index in [2.05, 4.69) is 5.10 Å². The number of carboxylic acids is 1. The number of likely N-dealkylation sites (tertiary alicyclic amines) is 1. The van der Waals surface area contributed by atoms with Crippen molar-refractivity contribution >= 4 is 23.5 Å². The van der Waals surface area contributed by atoms with Crippen LogP contribution in [-0.4, -0.2) is 44.8 Å². The molecule has 1 aromatic heterocycles. The molecule has 132 valence electrons. The van der Waals surface area contributed by atoms with Crippen molar-refractivity contribution in [2.45, 2.75) is 20.3 Å². The summed E-state index contributed by atoms with van der Waals surface area (Å²) in [6.45, 7) is 3.75. The number of amides is 1. The zero-order valence-corrected chi connectivity index (χ0v) is 14.5. The number of hydrogen-bond acceptors (Lipinski definition) is 3. The van der Waals surface area contributed by atoms with Gasteiger partial charge in [-0.25, -0.2) is 9.07 Å². The van der Waals surface area contributed by atoms with Gasteiger partial charge in [-0.05, 0) is 44.5 Å². The van der Waals surface area contributed by atoms with Gasteiger partial charge >= 0.3 is 5.97 Å².